The van der Waals surface area contributed by atoms with Gasteiger partial charge in [-0.15, -0.1) is 0 Å². The summed E-state index contributed by atoms with van der Waals surface area (Å²) in [6.45, 7) is 7.17. The molecular weight excluding hydrogens is 348 g/mol. The molecule has 2 saturated heterocycles. The second kappa shape index (κ2) is 9.55. The van der Waals surface area contributed by atoms with Gasteiger partial charge in [0, 0.05) is 32.8 Å². The minimum absolute atomic E-state index is 0.285. The van der Waals surface area contributed by atoms with Gasteiger partial charge in [-0.2, -0.15) is 0 Å². The molecule has 2 aliphatic rings. The van der Waals surface area contributed by atoms with Crippen molar-refractivity contribution in [2.24, 2.45) is 0 Å². The Hall–Kier alpha value is -1.88. The van der Waals surface area contributed by atoms with Crippen LogP contribution in [0.3, 0.4) is 0 Å². The van der Waals surface area contributed by atoms with Crippen molar-refractivity contribution in [2.75, 3.05) is 39.3 Å². The SMILES string of the molecule is Oc1ccccc1C1CCN(CC2CN(Cc3ccccc3)CCCO2)CC1. The molecule has 2 heterocycles. The average molecular weight is 381 g/mol. The minimum atomic E-state index is 0.285. The maximum Gasteiger partial charge on any atom is 0.119 e. The summed E-state index contributed by atoms with van der Waals surface area (Å²) in [7, 11) is 0. The fraction of sp³-hybridized carbons (Fsp3) is 0.500. The lowest BCUT2D eigenvalue weighted by Crippen LogP contribution is -2.43. The van der Waals surface area contributed by atoms with Gasteiger partial charge in [-0.25, -0.2) is 0 Å². The van der Waals surface area contributed by atoms with Gasteiger partial charge in [0.2, 0.25) is 0 Å². The van der Waals surface area contributed by atoms with E-state index in [0.29, 0.717) is 11.7 Å². The van der Waals surface area contributed by atoms with Gasteiger partial charge in [-0.1, -0.05) is 48.5 Å². The van der Waals surface area contributed by atoms with E-state index in [2.05, 4.69) is 46.2 Å². The molecule has 0 aliphatic carbocycles. The van der Waals surface area contributed by atoms with E-state index < -0.39 is 0 Å². The van der Waals surface area contributed by atoms with Gasteiger partial charge in [0.15, 0.2) is 0 Å². The molecule has 28 heavy (non-hydrogen) atoms. The number of nitrogens with zero attached hydrogens (tertiary/aromatic N) is 2. The Labute approximate surface area is 168 Å². The Balaban J connectivity index is 1.28. The summed E-state index contributed by atoms with van der Waals surface area (Å²) in [4.78, 5) is 5.09. The van der Waals surface area contributed by atoms with Crippen molar-refractivity contribution in [2.45, 2.75) is 37.8 Å². The van der Waals surface area contributed by atoms with E-state index in [1.807, 2.05) is 18.2 Å². The number of phenols is 1. The normalized spacial score (nSPS) is 22.8. The van der Waals surface area contributed by atoms with Crippen LogP contribution in [0.5, 0.6) is 5.75 Å². The molecule has 1 unspecified atom stereocenters. The molecular formula is C24H32N2O2. The molecule has 4 rings (SSSR count). The van der Waals surface area contributed by atoms with Crippen LogP contribution in [0, 0.1) is 0 Å². The number of piperidine rings is 1. The molecule has 0 amide bonds. The second-order valence-electron chi connectivity index (χ2n) is 8.20. The Kier molecular flexibility index (Phi) is 6.63. The van der Waals surface area contributed by atoms with Gasteiger partial charge >= 0.3 is 0 Å². The molecule has 2 aromatic rings. The highest BCUT2D eigenvalue weighted by atomic mass is 16.5. The fourth-order valence-electron chi connectivity index (χ4n) is 4.61. The summed E-state index contributed by atoms with van der Waals surface area (Å²) in [6, 6.07) is 18.6. The van der Waals surface area contributed by atoms with E-state index in [1.54, 1.807) is 0 Å². The van der Waals surface area contributed by atoms with Crippen molar-refractivity contribution in [3.05, 3.63) is 65.7 Å². The summed E-state index contributed by atoms with van der Waals surface area (Å²) in [5.74, 6) is 0.923. The monoisotopic (exact) mass is 380 g/mol. The predicted octanol–water partition coefficient (Wildman–Crippen LogP) is 3.86. The number of hydrogen-bond donors (Lipinski definition) is 1. The third-order valence-electron chi connectivity index (χ3n) is 6.11. The van der Waals surface area contributed by atoms with E-state index >= 15 is 0 Å². The van der Waals surface area contributed by atoms with Gasteiger partial charge in [0.1, 0.15) is 5.75 Å². The first-order chi connectivity index (χ1) is 13.8. The lowest BCUT2D eigenvalue weighted by atomic mass is 9.89. The van der Waals surface area contributed by atoms with Crippen molar-refractivity contribution in [1.82, 2.24) is 9.80 Å². The molecule has 1 N–H and O–H groups in total. The van der Waals surface area contributed by atoms with E-state index in [4.69, 9.17) is 4.74 Å². The summed E-state index contributed by atoms with van der Waals surface area (Å²) >= 11 is 0. The van der Waals surface area contributed by atoms with Crippen molar-refractivity contribution in [3.63, 3.8) is 0 Å². The molecule has 2 aromatic carbocycles. The molecule has 1 atom stereocenters. The first-order valence-corrected chi connectivity index (χ1v) is 10.7. The minimum Gasteiger partial charge on any atom is -0.508 e. The summed E-state index contributed by atoms with van der Waals surface area (Å²) < 4.78 is 6.18. The molecule has 4 heteroatoms. The number of hydrogen-bond acceptors (Lipinski definition) is 4. The van der Waals surface area contributed by atoms with E-state index in [-0.39, 0.29) is 6.10 Å². The van der Waals surface area contributed by atoms with Crippen molar-refractivity contribution >= 4 is 0 Å². The Morgan fingerprint density at radius 2 is 1.64 bits per heavy atom. The van der Waals surface area contributed by atoms with Crippen LogP contribution in [0.2, 0.25) is 0 Å². The Morgan fingerprint density at radius 3 is 2.43 bits per heavy atom. The third-order valence-corrected chi connectivity index (χ3v) is 6.11. The number of phenolic OH excluding ortho intramolecular Hbond substituents is 1. The quantitative estimate of drug-likeness (QED) is 0.854. The molecule has 4 nitrogen and oxygen atoms in total. The van der Waals surface area contributed by atoms with Crippen LogP contribution in [-0.4, -0.2) is 60.3 Å². The Bertz CT molecular complexity index is 728. The van der Waals surface area contributed by atoms with Crippen LogP contribution in [0.4, 0.5) is 0 Å². The van der Waals surface area contributed by atoms with Crippen LogP contribution in [0.15, 0.2) is 54.6 Å². The molecule has 0 radical (unpaired) electrons. The van der Waals surface area contributed by atoms with E-state index in [1.165, 1.54) is 5.56 Å². The zero-order valence-corrected chi connectivity index (χ0v) is 16.7. The number of ether oxygens (including phenoxy) is 1. The van der Waals surface area contributed by atoms with E-state index in [9.17, 15) is 5.11 Å². The maximum atomic E-state index is 10.1. The maximum absolute atomic E-state index is 10.1. The van der Waals surface area contributed by atoms with Crippen molar-refractivity contribution < 1.29 is 9.84 Å². The largest absolute Gasteiger partial charge is 0.508 e. The van der Waals surface area contributed by atoms with Crippen LogP contribution < -0.4 is 0 Å². The lowest BCUT2D eigenvalue weighted by molar-refractivity contribution is 0.0203. The number of benzene rings is 2. The molecule has 2 fully saturated rings. The standard InChI is InChI=1S/C24H32N2O2/c27-24-10-5-4-9-23(24)21-11-14-25(15-12-21)18-22-19-26(13-6-16-28-22)17-20-7-2-1-3-8-20/h1-5,7-10,21-22,27H,6,11-19H2. The van der Waals surface area contributed by atoms with Gasteiger partial charge in [-0.3, -0.25) is 4.90 Å². The van der Waals surface area contributed by atoms with E-state index in [0.717, 1.165) is 70.7 Å². The highest BCUT2D eigenvalue weighted by molar-refractivity contribution is 5.35. The molecule has 150 valence electrons. The average Bonchev–Trinajstić information content (AvgIpc) is 2.95. The molecule has 2 aliphatic heterocycles. The summed E-state index contributed by atoms with van der Waals surface area (Å²) in [5.41, 5.74) is 2.49. The zero-order valence-electron chi connectivity index (χ0n) is 16.7. The van der Waals surface area contributed by atoms with Crippen molar-refractivity contribution in [1.29, 1.82) is 0 Å². The van der Waals surface area contributed by atoms with Gasteiger partial charge in [0.25, 0.3) is 0 Å². The lowest BCUT2D eigenvalue weighted by Gasteiger charge is -2.35. The highest BCUT2D eigenvalue weighted by Gasteiger charge is 2.26. The molecule has 0 aromatic heterocycles. The summed E-state index contributed by atoms with van der Waals surface area (Å²) in [6.07, 6.45) is 3.61. The number of para-hydroxylation sites is 1. The topological polar surface area (TPSA) is 35.9 Å². The van der Waals surface area contributed by atoms with Crippen molar-refractivity contribution in [3.8, 4) is 5.75 Å². The fourth-order valence-corrected chi connectivity index (χ4v) is 4.61. The number of aromatic hydroxyl groups is 1. The van der Waals surface area contributed by atoms with Crippen LogP contribution >= 0.6 is 0 Å². The first-order valence-electron chi connectivity index (χ1n) is 10.7. The second-order valence-corrected chi connectivity index (χ2v) is 8.20. The number of rotatable bonds is 5. The smallest absolute Gasteiger partial charge is 0.119 e. The highest BCUT2D eigenvalue weighted by Crippen LogP contribution is 2.33. The third kappa shape index (κ3) is 5.13. The van der Waals surface area contributed by atoms with Crippen LogP contribution in [0.25, 0.3) is 0 Å². The Morgan fingerprint density at radius 1 is 0.893 bits per heavy atom. The zero-order chi connectivity index (χ0) is 19.2. The number of likely N-dealkylation sites (tertiary alicyclic amines) is 1. The molecule has 0 spiro atoms. The van der Waals surface area contributed by atoms with Gasteiger partial charge in [0.05, 0.1) is 6.10 Å². The molecule has 0 bridgehead atoms. The molecule has 0 saturated carbocycles. The predicted molar refractivity (Wildman–Crippen MR) is 113 cm³/mol. The van der Waals surface area contributed by atoms with Gasteiger partial charge < -0.3 is 14.7 Å². The first kappa shape index (κ1) is 19.4. The van der Waals surface area contributed by atoms with Gasteiger partial charge in [-0.05, 0) is 55.5 Å². The summed E-state index contributed by atoms with van der Waals surface area (Å²) in [5, 5.41) is 10.1. The van der Waals surface area contributed by atoms with Crippen LogP contribution in [0.1, 0.15) is 36.3 Å². The van der Waals surface area contributed by atoms with Crippen LogP contribution in [-0.2, 0) is 11.3 Å².